The highest BCUT2D eigenvalue weighted by Gasteiger charge is 2.31. The van der Waals surface area contributed by atoms with Crippen LogP contribution in [0.25, 0.3) is 0 Å². The first-order chi connectivity index (χ1) is 11.3. The Morgan fingerprint density at radius 2 is 1.96 bits per heavy atom. The number of ether oxygens (including phenoxy) is 1. The van der Waals surface area contributed by atoms with E-state index in [4.69, 9.17) is 4.74 Å². The number of carbonyl (C=O) groups is 1. The lowest BCUT2D eigenvalue weighted by Gasteiger charge is -2.32. The quantitative estimate of drug-likeness (QED) is 0.788. The third-order valence-electron chi connectivity index (χ3n) is 4.22. The minimum atomic E-state index is -3.06. The zero-order valence-corrected chi connectivity index (χ0v) is 15.5. The van der Waals surface area contributed by atoms with Gasteiger partial charge in [-0.25, -0.2) is 8.42 Å². The molecule has 6 heteroatoms. The number of hydrogen-bond acceptors (Lipinski definition) is 4. The molecule has 1 fully saturated rings. The summed E-state index contributed by atoms with van der Waals surface area (Å²) in [7, 11) is -3.06. The van der Waals surface area contributed by atoms with Gasteiger partial charge in [0.25, 0.3) is 5.91 Å². The van der Waals surface area contributed by atoms with Crippen LogP contribution in [0.4, 0.5) is 0 Å². The first-order valence-corrected chi connectivity index (χ1v) is 10.2. The van der Waals surface area contributed by atoms with Gasteiger partial charge in [0, 0.05) is 13.1 Å². The summed E-state index contributed by atoms with van der Waals surface area (Å²) >= 11 is 0. The Balaban J connectivity index is 1.82. The number of piperidine rings is 1. The average Bonchev–Trinajstić information content (AvgIpc) is 2.51. The molecule has 1 aromatic carbocycles. The van der Waals surface area contributed by atoms with Crippen molar-refractivity contribution >= 4 is 15.7 Å². The van der Waals surface area contributed by atoms with E-state index in [2.05, 4.69) is 0 Å². The predicted octanol–water partition coefficient (Wildman–Crippen LogP) is 2.44. The highest BCUT2D eigenvalue weighted by atomic mass is 32.2. The molecule has 5 nitrogen and oxygen atoms in total. The second-order valence-corrected chi connectivity index (χ2v) is 9.23. The van der Waals surface area contributed by atoms with Crippen molar-refractivity contribution in [3.63, 3.8) is 0 Å². The van der Waals surface area contributed by atoms with Crippen molar-refractivity contribution in [1.82, 2.24) is 4.90 Å². The molecule has 1 saturated heterocycles. The maximum atomic E-state index is 12.3. The van der Waals surface area contributed by atoms with Gasteiger partial charge < -0.3 is 9.64 Å². The molecular formula is C18H27NO4S. The molecule has 0 atom stereocenters. The van der Waals surface area contributed by atoms with Crippen LogP contribution < -0.4 is 4.74 Å². The molecule has 2 rings (SSSR count). The number of rotatable bonds is 6. The van der Waals surface area contributed by atoms with E-state index in [0.29, 0.717) is 31.7 Å². The van der Waals surface area contributed by atoms with Crippen molar-refractivity contribution in [2.75, 3.05) is 25.4 Å². The van der Waals surface area contributed by atoms with Gasteiger partial charge in [-0.1, -0.05) is 26.0 Å². The molecule has 1 aliphatic heterocycles. The average molecular weight is 353 g/mol. The van der Waals surface area contributed by atoms with E-state index in [9.17, 15) is 13.2 Å². The van der Waals surface area contributed by atoms with Crippen molar-refractivity contribution < 1.29 is 17.9 Å². The Kier molecular flexibility index (Phi) is 6.27. The van der Waals surface area contributed by atoms with Gasteiger partial charge in [-0.15, -0.1) is 0 Å². The molecule has 0 saturated carbocycles. The van der Waals surface area contributed by atoms with Crippen LogP contribution in [0, 0.1) is 12.8 Å². The van der Waals surface area contributed by atoms with Gasteiger partial charge in [0.2, 0.25) is 0 Å². The van der Waals surface area contributed by atoms with Gasteiger partial charge in [-0.2, -0.15) is 0 Å². The summed E-state index contributed by atoms with van der Waals surface area (Å²) < 4.78 is 30.1. The van der Waals surface area contributed by atoms with Crippen LogP contribution in [-0.4, -0.2) is 49.9 Å². The topological polar surface area (TPSA) is 63.7 Å². The number of nitrogens with zero attached hydrogens (tertiary/aromatic N) is 1. The molecule has 0 bridgehead atoms. The Morgan fingerprint density at radius 3 is 2.54 bits per heavy atom. The number of likely N-dealkylation sites (tertiary alicyclic amines) is 1. The Hall–Kier alpha value is -1.56. The summed E-state index contributed by atoms with van der Waals surface area (Å²) in [5.41, 5.74) is 1.08. The number of benzene rings is 1. The predicted molar refractivity (Wildman–Crippen MR) is 94.9 cm³/mol. The van der Waals surface area contributed by atoms with E-state index < -0.39 is 9.84 Å². The summed E-state index contributed by atoms with van der Waals surface area (Å²) in [5.74, 6) is 0.952. The SMILES string of the molecule is Cc1cccc(OCC(=O)N2CCC(S(=O)(=O)CC(C)C)CC2)c1. The lowest BCUT2D eigenvalue weighted by molar-refractivity contribution is -0.134. The first kappa shape index (κ1) is 18.8. The van der Waals surface area contributed by atoms with Crippen LogP contribution in [-0.2, 0) is 14.6 Å². The molecule has 0 unspecified atom stereocenters. The highest BCUT2D eigenvalue weighted by Crippen LogP contribution is 2.21. The molecule has 1 heterocycles. The molecule has 0 radical (unpaired) electrons. The van der Waals surface area contributed by atoms with Crippen molar-refractivity contribution in [2.24, 2.45) is 5.92 Å². The highest BCUT2D eigenvalue weighted by molar-refractivity contribution is 7.92. The minimum absolute atomic E-state index is 0.00708. The van der Waals surface area contributed by atoms with E-state index in [1.54, 1.807) is 4.90 Å². The Bertz CT molecular complexity index is 661. The van der Waals surface area contributed by atoms with E-state index >= 15 is 0 Å². The van der Waals surface area contributed by atoms with Gasteiger partial charge in [0.1, 0.15) is 5.75 Å². The lowest BCUT2D eigenvalue weighted by atomic mass is 10.1. The summed E-state index contributed by atoms with van der Waals surface area (Å²) in [5, 5.41) is -0.318. The fourth-order valence-corrected chi connectivity index (χ4v) is 5.14. The van der Waals surface area contributed by atoms with E-state index in [0.717, 1.165) is 5.56 Å². The molecule has 1 aromatic rings. The number of aryl methyl sites for hydroxylation is 1. The van der Waals surface area contributed by atoms with Crippen molar-refractivity contribution in [3.8, 4) is 5.75 Å². The van der Waals surface area contributed by atoms with Gasteiger partial charge in [-0.05, 0) is 43.4 Å². The fraction of sp³-hybridized carbons (Fsp3) is 0.611. The van der Waals surface area contributed by atoms with Crippen LogP contribution in [0.15, 0.2) is 24.3 Å². The second kappa shape index (κ2) is 8.01. The van der Waals surface area contributed by atoms with E-state index in [1.165, 1.54) is 0 Å². The number of carbonyl (C=O) groups excluding carboxylic acids is 1. The van der Waals surface area contributed by atoms with Crippen molar-refractivity contribution in [2.45, 2.75) is 38.9 Å². The van der Waals surface area contributed by atoms with Crippen LogP contribution in [0.3, 0.4) is 0 Å². The zero-order valence-electron chi connectivity index (χ0n) is 14.7. The smallest absolute Gasteiger partial charge is 0.260 e. The lowest BCUT2D eigenvalue weighted by Crippen LogP contribution is -2.45. The first-order valence-electron chi connectivity index (χ1n) is 8.47. The second-order valence-electron chi connectivity index (χ2n) is 6.91. The molecule has 0 spiro atoms. The summed E-state index contributed by atoms with van der Waals surface area (Å²) in [6, 6.07) is 7.57. The van der Waals surface area contributed by atoms with Crippen molar-refractivity contribution in [3.05, 3.63) is 29.8 Å². The number of amides is 1. The largest absolute Gasteiger partial charge is 0.484 e. The monoisotopic (exact) mass is 353 g/mol. The molecule has 1 aliphatic rings. The van der Waals surface area contributed by atoms with Crippen LogP contribution in [0.2, 0.25) is 0 Å². The van der Waals surface area contributed by atoms with Crippen LogP contribution in [0.5, 0.6) is 5.75 Å². The maximum Gasteiger partial charge on any atom is 0.260 e. The van der Waals surface area contributed by atoms with Gasteiger partial charge in [0.15, 0.2) is 16.4 Å². The van der Waals surface area contributed by atoms with E-state index in [-0.39, 0.29) is 29.4 Å². The molecule has 134 valence electrons. The standard InChI is InChI=1S/C18H27NO4S/c1-14(2)13-24(21,22)17-7-9-19(10-8-17)18(20)12-23-16-6-4-5-15(3)11-16/h4-6,11,14,17H,7-10,12-13H2,1-3H3. The number of hydrogen-bond donors (Lipinski definition) is 0. The molecule has 0 aliphatic carbocycles. The molecule has 24 heavy (non-hydrogen) atoms. The van der Waals surface area contributed by atoms with Crippen molar-refractivity contribution in [1.29, 1.82) is 0 Å². The zero-order chi connectivity index (χ0) is 17.7. The van der Waals surface area contributed by atoms with Gasteiger partial charge in [0.05, 0.1) is 11.0 Å². The Morgan fingerprint density at radius 1 is 1.29 bits per heavy atom. The van der Waals surface area contributed by atoms with Crippen LogP contribution in [0.1, 0.15) is 32.3 Å². The summed E-state index contributed by atoms with van der Waals surface area (Å²) in [6.45, 7) is 6.76. The van der Waals surface area contributed by atoms with Crippen LogP contribution >= 0.6 is 0 Å². The third kappa shape index (κ3) is 5.23. The van der Waals surface area contributed by atoms with E-state index in [1.807, 2.05) is 45.0 Å². The third-order valence-corrected chi connectivity index (χ3v) is 6.84. The van der Waals surface area contributed by atoms with Gasteiger partial charge in [-0.3, -0.25) is 4.79 Å². The summed E-state index contributed by atoms with van der Waals surface area (Å²) in [6.07, 6.45) is 1.04. The maximum absolute atomic E-state index is 12.3. The van der Waals surface area contributed by atoms with Gasteiger partial charge >= 0.3 is 0 Å². The molecular weight excluding hydrogens is 326 g/mol. The minimum Gasteiger partial charge on any atom is -0.484 e. The number of sulfone groups is 1. The molecule has 1 amide bonds. The fourth-order valence-electron chi connectivity index (χ4n) is 3.01. The Labute approximate surface area is 144 Å². The molecule has 0 aromatic heterocycles. The normalized spacial score (nSPS) is 16.4. The molecule has 0 N–H and O–H groups in total. The summed E-state index contributed by atoms with van der Waals surface area (Å²) in [4.78, 5) is 13.9.